The lowest BCUT2D eigenvalue weighted by Gasteiger charge is -2.13. The monoisotopic (exact) mass is 360 g/mol. The third-order valence-corrected chi connectivity index (χ3v) is 3.65. The Morgan fingerprint density at radius 1 is 1.12 bits per heavy atom. The average molecular weight is 361 g/mol. The van der Waals surface area contributed by atoms with Gasteiger partial charge in [0.05, 0.1) is 12.1 Å². The average Bonchev–Trinajstić information content (AvgIpc) is 2.62. The summed E-state index contributed by atoms with van der Waals surface area (Å²) in [5.41, 5.74) is 0.864. The molecule has 0 spiro atoms. The Balaban J connectivity index is 1.80. The summed E-state index contributed by atoms with van der Waals surface area (Å²) < 4.78 is 5.04. The van der Waals surface area contributed by atoms with Gasteiger partial charge in [0, 0.05) is 18.2 Å². The van der Waals surface area contributed by atoms with Crippen LogP contribution < -0.4 is 5.32 Å². The van der Waals surface area contributed by atoms with E-state index in [1.165, 1.54) is 13.1 Å². The zero-order chi connectivity index (χ0) is 18.2. The van der Waals surface area contributed by atoms with Gasteiger partial charge in [0.25, 0.3) is 5.91 Å². The van der Waals surface area contributed by atoms with E-state index in [-0.39, 0.29) is 23.8 Å². The Morgan fingerprint density at radius 2 is 1.84 bits per heavy atom. The van der Waals surface area contributed by atoms with Gasteiger partial charge in [0.15, 0.2) is 17.0 Å². The Morgan fingerprint density at radius 3 is 2.52 bits per heavy atom. The number of carbonyl (C=O) groups excluding carboxylic acids is 3. The van der Waals surface area contributed by atoms with Crippen molar-refractivity contribution < 1.29 is 19.1 Å². The molecule has 0 aliphatic heterocycles. The third kappa shape index (κ3) is 5.69. The van der Waals surface area contributed by atoms with Gasteiger partial charge in [-0.15, -0.1) is 0 Å². The number of anilines is 1. The van der Waals surface area contributed by atoms with E-state index in [2.05, 4.69) is 10.3 Å². The summed E-state index contributed by atoms with van der Waals surface area (Å²) in [7, 11) is 0. The molecular formula is C18H17ClN2O4. The van der Waals surface area contributed by atoms with E-state index < -0.39 is 18.0 Å². The van der Waals surface area contributed by atoms with E-state index >= 15 is 0 Å². The van der Waals surface area contributed by atoms with Gasteiger partial charge in [0.2, 0.25) is 0 Å². The highest BCUT2D eigenvalue weighted by Crippen LogP contribution is 2.18. The van der Waals surface area contributed by atoms with Crippen molar-refractivity contribution in [3.63, 3.8) is 0 Å². The molecule has 1 aromatic carbocycles. The van der Waals surface area contributed by atoms with Crippen molar-refractivity contribution in [1.82, 2.24) is 4.98 Å². The predicted molar refractivity (Wildman–Crippen MR) is 93.4 cm³/mol. The molecule has 1 atom stereocenters. The maximum absolute atomic E-state index is 12.0. The molecule has 6 nitrogen and oxygen atoms in total. The van der Waals surface area contributed by atoms with E-state index in [1.54, 1.807) is 42.5 Å². The minimum Gasteiger partial charge on any atom is -0.453 e. The van der Waals surface area contributed by atoms with Gasteiger partial charge >= 0.3 is 5.97 Å². The Kier molecular flexibility index (Phi) is 6.65. The van der Waals surface area contributed by atoms with Gasteiger partial charge in [-0.2, -0.15) is 0 Å². The van der Waals surface area contributed by atoms with Gasteiger partial charge in [0.1, 0.15) is 0 Å². The second kappa shape index (κ2) is 8.94. The molecular weight excluding hydrogens is 344 g/mol. The van der Waals surface area contributed by atoms with Gasteiger partial charge in [-0.3, -0.25) is 14.4 Å². The fourth-order valence-electron chi connectivity index (χ4n) is 2.01. The Labute approximate surface area is 150 Å². The summed E-state index contributed by atoms with van der Waals surface area (Å²) in [6, 6.07) is 11.9. The maximum Gasteiger partial charge on any atom is 0.307 e. The molecule has 1 aromatic heterocycles. The van der Waals surface area contributed by atoms with Crippen LogP contribution >= 0.6 is 11.6 Å². The molecule has 1 N–H and O–H groups in total. The SMILES string of the molecule is CC(OC(=O)CCC(=O)c1ccccc1)C(=O)Nc1cccnc1Cl. The first-order valence-corrected chi connectivity index (χ1v) is 8.04. The van der Waals surface area contributed by atoms with E-state index in [1.807, 2.05) is 0 Å². The van der Waals surface area contributed by atoms with Gasteiger partial charge < -0.3 is 10.1 Å². The minimum atomic E-state index is -1.02. The first-order chi connectivity index (χ1) is 12.0. The minimum absolute atomic E-state index is 0.0195. The molecule has 25 heavy (non-hydrogen) atoms. The highest BCUT2D eigenvalue weighted by Gasteiger charge is 2.19. The van der Waals surface area contributed by atoms with Crippen molar-refractivity contribution >= 4 is 34.9 Å². The molecule has 7 heteroatoms. The molecule has 0 fully saturated rings. The number of ether oxygens (including phenoxy) is 1. The zero-order valence-corrected chi connectivity index (χ0v) is 14.3. The number of pyridine rings is 1. The molecule has 1 heterocycles. The number of hydrogen-bond acceptors (Lipinski definition) is 5. The number of benzene rings is 1. The number of aromatic nitrogens is 1. The first-order valence-electron chi connectivity index (χ1n) is 7.66. The van der Waals surface area contributed by atoms with Crippen LogP contribution in [0.2, 0.25) is 5.15 Å². The quantitative estimate of drug-likeness (QED) is 0.465. The summed E-state index contributed by atoms with van der Waals surface area (Å²) >= 11 is 5.85. The fourth-order valence-corrected chi connectivity index (χ4v) is 2.17. The van der Waals surface area contributed by atoms with Crippen LogP contribution in [0.4, 0.5) is 5.69 Å². The van der Waals surface area contributed by atoms with Crippen LogP contribution in [0.1, 0.15) is 30.1 Å². The van der Waals surface area contributed by atoms with Crippen LogP contribution in [0.25, 0.3) is 0 Å². The Bertz CT molecular complexity index is 765. The molecule has 0 saturated carbocycles. The topological polar surface area (TPSA) is 85.4 Å². The molecule has 130 valence electrons. The molecule has 0 aliphatic rings. The smallest absolute Gasteiger partial charge is 0.307 e. The van der Waals surface area contributed by atoms with Gasteiger partial charge in [-0.25, -0.2) is 4.98 Å². The molecule has 0 aliphatic carbocycles. The number of nitrogens with zero attached hydrogens (tertiary/aromatic N) is 1. The van der Waals surface area contributed by atoms with Crippen LogP contribution in [0.5, 0.6) is 0 Å². The lowest BCUT2D eigenvalue weighted by Crippen LogP contribution is -2.30. The second-order valence-electron chi connectivity index (χ2n) is 5.25. The van der Waals surface area contributed by atoms with Crippen LogP contribution in [0.15, 0.2) is 48.7 Å². The van der Waals surface area contributed by atoms with Crippen LogP contribution in [-0.4, -0.2) is 28.7 Å². The largest absolute Gasteiger partial charge is 0.453 e. The number of halogens is 1. The van der Waals surface area contributed by atoms with E-state index in [9.17, 15) is 14.4 Å². The number of ketones is 1. The van der Waals surface area contributed by atoms with Crippen LogP contribution in [-0.2, 0) is 14.3 Å². The molecule has 0 bridgehead atoms. The van der Waals surface area contributed by atoms with Crippen molar-refractivity contribution in [2.45, 2.75) is 25.9 Å². The van der Waals surface area contributed by atoms with Crippen molar-refractivity contribution in [1.29, 1.82) is 0 Å². The third-order valence-electron chi connectivity index (χ3n) is 3.35. The summed E-state index contributed by atoms with van der Waals surface area (Å²) in [4.78, 5) is 39.6. The molecule has 0 saturated heterocycles. The highest BCUT2D eigenvalue weighted by atomic mass is 35.5. The maximum atomic E-state index is 12.0. The fraction of sp³-hybridized carbons (Fsp3) is 0.222. The molecule has 2 rings (SSSR count). The molecule has 0 radical (unpaired) electrons. The van der Waals surface area contributed by atoms with E-state index in [0.717, 1.165) is 0 Å². The van der Waals surface area contributed by atoms with Crippen molar-refractivity contribution in [2.24, 2.45) is 0 Å². The van der Waals surface area contributed by atoms with Gasteiger partial charge in [-0.05, 0) is 19.1 Å². The highest BCUT2D eigenvalue weighted by molar-refractivity contribution is 6.32. The van der Waals surface area contributed by atoms with Gasteiger partial charge in [-0.1, -0.05) is 41.9 Å². The normalized spacial score (nSPS) is 11.4. The van der Waals surface area contributed by atoms with Crippen molar-refractivity contribution in [3.05, 3.63) is 59.4 Å². The number of esters is 1. The lowest BCUT2D eigenvalue weighted by molar-refractivity contribution is -0.153. The molecule has 1 unspecified atom stereocenters. The summed E-state index contributed by atoms with van der Waals surface area (Å²) in [5.74, 6) is -1.31. The Hall–Kier alpha value is -2.73. The molecule has 2 aromatic rings. The van der Waals surface area contributed by atoms with E-state index in [0.29, 0.717) is 11.3 Å². The van der Waals surface area contributed by atoms with Crippen molar-refractivity contribution in [3.8, 4) is 0 Å². The number of amides is 1. The number of Topliss-reactive ketones (excluding diaryl/α,β-unsaturated/α-hetero) is 1. The summed E-state index contributed by atoms with van der Waals surface area (Å²) in [5, 5.41) is 2.67. The zero-order valence-electron chi connectivity index (χ0n) is 13.6. The summed E-state index contributed by atoms with van der Waals surface area (Å²) in [6.07, 6.45) is 0.395. The number of hydrogen-bond donors (Lipinski definition) is 1. The first kappa shape index (κ1) is 18.6. The second-order valence-corrected chi connectivity index (χ2v) is 5.61. The lowest BCUT2D eigenvalue weighted by atomic mass is 10.1. The summed E-state index contributed by atoms with van der Waals surface area (Å²) in [6.45, 7) is 1.44. The molecule has 1 amide bonds. The van der Waals surface area contributed by atoms with Crippen molar-refractivity contribution in [2.75, 3.05) is 5.32 Å². The number of rotatable bonds is 7. The van der Waals surface area contributed by atoms with Crippen LogP contribution in [0.3, 0.4) is 0 Å². The van der Waals surface area contributed by atoms with E-state index in [4.69, 9.17) is 16.3 Å². The standard InChI is InChI=1S/C18H17ClN2O4/c1-12(18(24)21-14-8-5-11-20-17(14)19)25-16(23)10-9-15(22)13-6-3-2-4-7-13/h2-8,11-12H,9-10H2,1H3,(H,21,24). The predicted octanol–water partition coefficient (Wildman–Crippen LogP) is 3.27. The number of carbonyl (C=O) groups is 3. The number of nitrogens with one attached hydrogen (secondary N) is 1. The van der Waals surface area contributed by atoms with Crippen LogP contribution in [0, 0.1) is 0 Å².